The van der Waals surface area contributed by atoms with Gasteiger partial charge in [-0.2, -0.15) is 0 Å². The molecule has 0 saturated carbocycles. The van der Waals surface area contributed by atoms with Crippen LogP contribution in [0.5, 0.6) is 0 Å². The number of ether oxygens (including phenoxy) is 1. The molecule has 0 saturated heterocycles. The Morgan fingerprint density at radius 3 is 3.00 bits per heavy atom. The molecule has 2 N–H and O–H groups in total. The van der Waals surface area contributed by atoms with E-state index < -0.39 is 6.04 Å². The van der Waals surface area contributed by atoms with Gasteiger partial charge in [-0.3, -0.25) is 0 Å². The van der Waals surface area contributed by atoms with E-state index in [4.69, 9.17) is 0 Å². The number of hydrogen-bond acceptors (Lipinski definition) is 4. The van der Waals surface area contributed by atoms with E-state index in [0.717, 1.165) is 16.6 Å². The second kappa shape index (κ2) is 4.45. The van der Waals surface area contributed by atoms with Crippen molar-refractivity contribution in [3.8, 4) is 0 Å². The van der Waals surface area contributed by atoms with Crippen LogP contribution in [0.4, 0.5) is 5.95 Å². The van der Waals surface area contributed by atoms with Crippen molar-refractivity contribution in [3.63, 3.8) is 0 Å². The smallest absolute Gasteiger partial charge is 0.328 e. The standard InChI is InChI=1S/C12H15N3O2/c1-7-4-5-9-10(6-7)15-12(14-9)13-8(2)11(16)17-3/h4-6,8H,1-3H3,(H2,13,14,15). The first-order valence-electron chi connectivity index (χ1n) is 5.41. The van der Waals surface area contributed by atoms with Gasteiger partial charge in [0, 0.05) is 0 Å². The maximum Gasteiger partial charge on any atom is 0.328 e. The number of methoxy groups -OCH3 is 1. The van der Waals surface area contributed by atoms with Gasteiger partial charge in [0.2, 0.25) is 5.95 Å². The van der Waals surface area contributed by atoms with E-state index in [2.05, 4.69) is 20.0 Å². The molecular weight excluding hydrogens is 218 g/mol. The van der Waals surface area contributed by atoms with E-state index in [-0.39, 0.29) is 5.97 Å². The van der Waals surface area contributed by atoms with E-state index in [1.807, 2.05) is 25.1 Å². The SMILES string of the molecule is COC(=O)C(C)Nc1nc2ccc(C)cc2[nH]1. The maximum absolute atomic E-state index is 11.3. The van der Waals surface area contributed by atoms with Gasteiger partial charge in [0.1, 0.15) is 6.04 Å². The minimum Gasteiger partial charge on any atom is -0.467 e. The van der Waals surface area contributed by atoms with Crippen molar-refractivity contribution < 1.29 is 9.53 Å². The van der Waals surface area contributed by atoms with Crippen LogP contribution in [0, 0.1) is 6.92 Å². The predicted molar refractivity (Wildman–Crippen MR) is 65.9 cm³/mol. The molecule has 0 aliphatic heterocycles. The summed E-state index contributed by atoms with van der Waals surface area (Å²) in [5.41, 5.74) is 2.98. The molecule has 0 bridgehead atoms. The number of carbonyl (C=O) groups excluding carboxylic acids is 1. The average Bonchev–Trinajstić information content (AvgIpc) is 2.69. The summed E-state index contributed by atoms with van der Waals surface area (Å²) in [6.45, 7) is 3.74. The van der Waals surface area contributed by atoms with Crippen molar-refractivity contribution in [3.05, 3.63) is 23.8 Å². The van der Waals surface area contributed by atoms with E-state index in [0.29, 0.717) is 5.95 Å². The number of H-pyrrole nitrogens is 1. The monoisotopic (exact) mass is 233 g/mol. The molecule has 0 radical (unpaired) electrons. The Bertz CT molecular complexity index is 548. The Labute approximate surface area is 99.2 Å². The maximum atomic E-state index is 11.3. The summed E-state index contributed by atoms with van der Waals surface area (Å²) in [4.78, 5) is 18.7. The molecule has 17 heavy (non-hydrogen) atoms. The minimum atomic E-state index is -0.429. The molecule has 90 valence electrons. The number of fused-ring (bicyclic) bond motifs is 1. The summed E-state index contributed by atoms with van der Waals surface area (Å²) in [5, 5.41) is 2.96. The van der Waals surface area contributed by atoms with Gasteiger partial charge in [-0.1, -0.05) is 6.07 Å². The summed E-state index contributed by atoms with van der Waals surface area (Å²) < 4.78 is 4.63. The lowest BCUT2D eigenvalue weighted by atomic mass is 10.2. The van der Waals surface area contributed by atoms with Gasteiger partial charge in [-0.05, 0) is 31.5 Å². The Balaban J connectivity index is 2.22. The summed E-state index contributed by atoms with van der Waals surface area (Å²) in [6, 6.07) is 5.52. The third-order valence-corrected chi connectivity index (χ3v) is 2.55. The van der Waals surface area contributed by atoms with Crippen molar-refractivity contribution >= 4 is 23.0 Å². The highest BCUT2D eigenvalue weighted by atomic mass is 16.5. The van der Waals surface area contributed by atoms with Crippen LogP contribution in [0.25, 0.3) is 11.0 Å². The number of carbonyl (C=O) groups is 1. The Hall–Kier alpha value is -2.04. The largest absolute Gasteiger partial charge is 0.467 e. The van der Waals surface area contributed by atoms with Gasteiger partial charge in [-0.25, -0.2) is 9.78 Å². The van der Waals surface area contributed by atoms with Crippen LogP contribution in [0.15, 0.2) is 18.2 Å². The molecule has 0 aliphatic carbocycles. The van der Waals surface area contributed by atoms with E-state index in [1.165, 1.54) is 7.11 Å². The number of esters is 1. The molecule has 0 fully saturated rings. The van der Waals surface area contributed by atoms with Crippen LogP contribution in [-0.2, 0) is 9.53 Å². The fraction of sp³-hybridized carbons (Fsp3) is 0.333. The zero-order valence-corrected chi connectivity index (χ0v) is 10.1. The summed E-state index contributed by atoms with van der Waals surface area (Å²) in [5.74, 6) is 0.255. The summed E-state index contributed by atoms with van der Waals surface area (Å²) >= 11 is 0. The summed E-state index contributed by atoms with van der Waals surface area (Å²) in [7, 11) is 1.36. The first-order valence-corrected chi connectivity index (χ1v) is 5.41. The van der Waals surface area contributed by atoms with Crippen molar-refractivity contribution in [2.45, 2.75) is 19.9 Å². The topological polar surface area (TPSA) is 67.0 Å². The van der Waals surface area contributed by atoms with Crippen LogP contribution >= 0.6 is 0 Å². The highest BCUT2D eigenvalue weighted by Gasteiger charge is 2.14. The Kier molecular flexibility index (Phi) is 2.99. The molecule has 5 nitrogen and oxygen atoms in total. The van der Waals surface area contributed by atoms with E-state index >= 15 is 0 Å². The third kappa shape index (κ3) is 2.38. The van der Waals surface area contributed by atoms with Crippen LogP contribution in [0.3, 0.4) is 0 Å². The third-order valence-electron chi connectivity index (χ3n) is 2.55. The molecule has 0 amide bonds. The van der Waals surface area contributed by atoms with Crippen LogP contribution in [0.2, 0.25) is 0 Å². The van der Waals surface area contributed by atoms with E-state index in [1.54, 1.807) is 6.92 Å². The Morgan fingerprint density at radius 2 is 2.29 bits per heavy atom. The fourth-order valence-corrected chi connectivity index (χ4v) is 1.63. The molecule has 1 aromatic heterocycles. The van der Waals surface area contributed by atoms with Crippen LogP contribution in [0.1, 0.15) is 12.5 Å². The van der Waals surface area contributed by atoms with Crippen LogP contribution in [-0.4, -0.2) is 29.1 Å². The van der Waals surface area contributed by atoms with Crippen molar-refractivity contribution in [1.29, 1.82) is 0 Å². The number of aryl methyl sites for hydroxylation is 1. The van der Waals surface area contributed by atoms with Gasteiger partial charge < -0.3 is 15.0 Å². The number of aromatic amines is 1. The number of aromatic nitrogens is 2. The minimum absolute atomic E-state index is 0.318. The number of imidazole rings is 1. The number of nitrogens with zero attached hydrogens (tertiary/aromatic N) is 1. The molecule has 1 atom stereocenters. The highest BCUT2D eigenvalue weighted by Crippen LogP contribution is 2.16. The molecule has 0 aliphatic rings. The number of nitrogens with one attached hydrogen (secondary N) is 2. The lowest BCUT2D eigenvalue weighted by Crippen LogP contribution is -2.27. The predicted octanol–water partition coefficient (Wildman–Crippen LogP) is 1.84. The van der Waals surface area contributed by atoms with Gasteiger partial charge in [0.15, 0.2) is 0 Å². The number of benzene rings is 1. The zero-order valence-electron chi connectivity index (χ0n) is 10.1. The Morgan fingerprint density at radius 1 is 1.53 bits per heavy atom. The number of hydrogen-bond donors (Lipinski definition) is 2. The lowest BCUT2D eigenvalue weighted by Gasteiger charge is -2.09. The molecule has 5 heteroatoms. The van der Waals surface area contributed by atoms with Gasteiger partial charge in [0.05, 0.1) is 18.1 Å². The highest BCUT2D eigenvalue weighted by molar-refractivity contribution is 5.81. The normalized spacial score (nSPS) is 12.4. The second-order valence-corrected chi connectivity index (χ2v) is 4.00. The molecule has 1 heterocycles. The molecule has 1 aromatic carbocycles. The molecular formula is C12H15N3O2. The molecule has 2 aromatic rings. The average molecular weight is 233 g/mol. The molecule has 1 unspecified atom stereocenters. The number of rotatable bonds is 3. The summed E-state index contributed by atoms with van der Waals surface area (Å²) in [6.07, 6.45) is 0. The van der Waals surface area contributed by atoms with Gasteiger partial charge in [0.25, 0.3) is 0 Å². The van der Waals surface area contributed by atoms with Crippen molar-refractivity contribution in [2.24, 2.45) is 0 Å². The van der Waals surface area contributed by atoms with Crippen molar-refractivity contribution in [2.75, 3.05) is 12.4 Å². The van der Waals surface area contributed by atoms with Crippen LogP contribution < -0.4 is 5.32 Å². The van der Waals surface area contributed by atoms with E-state index in [9.17, 15) is 4.79 Å². The first kappa shape index (κ1) is 11.4. The first-order chi connectivity index (χ1) is 8.10. The molecule has 0 spiro atoms. The molecule has 2 rings (SSSR count). The lowest BCUT2D eigenvalue weighted by molar-refractivity contribution is -0.141. The van der Waals surface area contributed by atoms with Gasteiger partial charge in [-0.15, -0.1) is 0 Å². The fourth-order valence-electron chi connectivity index (χ4n) is 1.63. The van der Waals surface area contributed by atoms with Gasteiger partial charge >= 0.3 is 5.97 Å². The number of anilines is 1. The van der Waals surface area contributed by atoms with Crippen molar-refractivity contribution in [1.82, 2.24) is 9.97 Å². The second-order valence-electron chi connectivity index (χ2n) is 4.00. The quantitative estimate of drug-likeness (QED) is 0.794. The zero-order chi connectivity index (χ0) is 12.4.